The number of carbonyl (C=O) groups excluding carboxylic acids is 2. The molecule has 0 spiro atoms. The Morgan fingerprint density at radius 1 is 1.06 bits per heavy atom. The lowest BCUT2D eigenvalue weighted by molar-refractivity contribution is -0.143. The third-order valence-corrected chi connectivity index (χ3v) is 11.5. The van der Waals surface area contributed by atoms with Crippen molar-refractivity contribution in [1.29, 1.82) is 0 Å². The predicted molar refractivity (Wildman–Crippen MR) is 199 cm³/mol. The molecule has 2 aliphatic carbocycles. The summed E-state index contributed by atoms with van der Waals surface area (Å²) in [4.78, 5) is 34.5. The summed E-state index contributed by atoms with van der Waals surface area (Å²) >= 11 is 2.09. The largest absolute Gasteiger partial charge is 0.504 e. The number of carbonyl (C=O) groups is 2. The maximum absolute atomic E-state index is 14.2. The second-order valence-electron chi connectivity index (χ2n) is 13.7. The molecule has 0 bridgehead atoms. The van der Waals surface area contributed by atoms with Gasteiger partial charge in [0.1, 0.15) is 12.4 Å². The van der Waals surface area contributed by atoms with Crippen molar-refractivity contribution in [3.63, 3.8) is 0 Å². The number of amides is 2. The zero-order valence-corrected chi connectivity index (χ0v) is 30.3. The summed E-state index contributed by atoms with van der Waals surface area (Å²) in [6.45, 7) is 0.272. The van der Waals surface area contributed by atoms with Crippen molar-refractivity contribution in [3.8, 4) is 17.2 Å². The van der Waals surface area contributed by atoms with Crippen LogP contribution in [-0.4, -0.2) is 64.8 Å². The maximum Gasteiger partial charge on any atom is 0.455 e. The van der Waals surface area contributed by atoms with Crippen LogP contribution in [0.25, 0.3) is 11.6 Å². The molecule has 11 heteroatoms. The lowest BCUT2D eigenvalue weighted by Gasteiger charge is -2.43. The monoisotopic (exact) mass is 788 g/mol. The zero-order valence-electron chi connectivity index (χ0n) is 28.2. The summed E-state index contributed by atoms with van der Waals surface area (Å²) in [5.41, 5.74) is 4.56. The molecule has 2 N–H and O–H groups in total. The quantitative estimate of drug-likeness (QED) is 0.0984. The Labute approximate surface area is 307 Å². The van der Waals surface area contributed by atoms with Crippen LogP contribution in [0.2, 0.25) is 6.32 Å². The number of para-hydroxylation sites is 1. The van der Waals surface area contributed by atoms with Crippen LogP contribution in [0.1, 0.15) is 62.6 Å². The highest BCUT2D eigenvalue weighted by Gasteiger charge is 2.58. The van der Waals surface area contributed by atoms with E-state index in [-0.39, 0.29) is 42.5 Å². The second-order valence-corrected chi connectivity index (χ2v) is 14.9. The number of hydrogen-bond acceptors (Lipinski definition) is 8. The molecule has 260 valence electrons. The summed E-state index contributed by atoms with van der Waals surface area (Å²) in [5, 5.41) is 21.6. The van der Waals surface area contributed by atoms with E-state index in [4.69, 9.17) is 14.1 Å². The first-order valence-electron chi connectivity index (χ1n) is 17.6. The number of phenols is 1. The van der Waals surface area contributed by atoms with Gasteiger partial charge in [0.25, 0.3) is 0 Å². The van der Waals surface area contributed by atoms with Crippen molar-refractivity contribution in [2.24, 2.45) is 17.8 Å². The van der Waals surface area contributed by atoms with Crippen molar-refractivity contribution in [2.45, 2.75) is 69.8 Å². The minimum atomic E-state index is -1.07. The standard InChI is InChI=1S/C39H42BIN2O7/c1-48-34-20-24(19-31(41)37(34)44)18-25(32-14-8-9-17-42-32)15-16-33-35-26(23-49-28-12-6-3-7-13-28)21-29-36(30(35)22-40(47)50-33)39(46)43(38(29)45)27-10-4-2-5-11-27/h3,6-9,12-14,17-20,27,29-30,33,36,44,47H,2,4-5,10-11,15-16,21-23H2,1H3/b25-18-/t29-,30+,33-,36-/m1/s1. The predicted octanol–water partition coefficient (Wildman–Crippen LogP) is 6.93. The van der Waals surface area contributed by atoms with E-state index in [0.717, 1.165) is 65.8 Å². The average Bonchev–Trinajstić information content (AvgIpc) is 3.39. The first-order valence-corrected chi connectivity index (χ1v) is 18.7. The van der Waals surface area contributed by atoms with Crippen LogP contribution in [-0.2, 0) is 14.2 Å². The van der Waals surface area contributed by atoms with E-state index in [1.54, 1.807) is 17.2 Å². The number of pyridine rings is 1. The first-order chi connectivity index (χ1) is 24.3. The van der Waals surface area contributed by atoms with Crippen LogP contribution in [0.15, 0.2) is 78.0 Å². The molecule has 7 rings (SSSR count). The number of fused-ring (bicyclic) bond motifs is 3. The molecular weight excluding hydrogens is 746 g/mol. The van der Waals surface area contributed by atoms with Gasteiger partial charge in [0, 0.05) is 12.2 Å². The highest BCUT2D eigenvalue weighted by molar-refractivity contribution is 14.1. The van der Waals surface area contributed by atoms with Gasteiger partial charge in [-0.3, -0.25) is 19.5 Å². The fourth-order valence-electron chi connectivity index (χ4n) is 8.45. The van der Waals surface area contributed by atoms with Crippen LogP contribution in [0.3, 0.4) is 0 Å². The molecule has 9 nitrogen and oxygen atoms in total. The molecule has 2 saturated heterocycles. The second kappa shape index (κ2) is 15.3. The zero-order chi connectivity index (χ0) is 34.8. The van der Waals surface area contributed by atoms with Crippen molar-refractivity contribution in [2.75, 3.05) is 13.7 Å². The van der Waals surface area contributed by atoms with Crippen LogP contribution < -0.4 is 9.47 Å². The van der Waals surface area contributed by atoms with E-state index in [1.807, 2.05) is 60.7 Å². The molecule has 2 amide bonds. The molecule has 3 fully saturated rings. The molecule has 1 saturated carbocycles. The summed E-state index contributed by atoms with van der Waals surface area (Å²) in [6, 6.07) is 19.0. The number of imide groups is 1. The Kier molecular flexibility index (Phi) is 10.6. The van der Waals surface area contributed by atoms with Crippen molar-refractivity contribution in [1.82, 2.24) is 9.88 Å². The summed E-state index contributed by atoms with van der Waals surface area (Å²) < 4.78 is 18.7. The number of phenolic OH excluding ortho intramolecular Hbond substituents is 1. The SMILES string of the molecule is COc1cc(/C=C(/CC[C@H]2OB(O)C[C@H]3C2=C(COc2ccccc2)C[C@H]2C(=O)N(C4CCCCC4)C(=O)[C@H]23)c2ccccn2)cc(I)c1O. The third-order valence-electron chi connectivity index (χ3n) is 10.7. The van der Waals surface area contributed by atoms with E-state index in [0.29, 0.717) is 28.6 Å². The number of rotatable bonds is 10. The molecule has 3 aromatic rings. The molecule has 3 heterocycles. The molecule has 2 aromatic carbocycles. The summed E-state index contributed by atoms with van der Waals surface area (Å²) in [6.07, 6.45) is 9.94. The van der Waals surface area contributed by atoms with Crippen molar-refractivity contribution < 1.29 is 33.8 Å². The Balaban J connectivity index is 1.23. The van der Waals surface area contributed by atoms with Crippen LogP contribution in [0.5, 0.6) is 17.2 Å². The third kappa shape index (κ3) is 7.09. The van der Waals surface area contributed by atoms with Gasteiger partial charge >= 0.3 is 7.12 Å². The molecule has 0 unspecified atom stereocenters. The van der Waals surface area contributed by atoms with Crippen molar-refractivity contribution in [3.05, 3.63) is 92.8 Å². The van der Waals surface area contributed by atoms with Gasteiger partial charge in [-0.2, -0.15) is 0 Å². The van der Waals surface area contributed by atoms with E-state index in [1.165, 1.54) is 7.11 Å². The minimum absolute atomic E-state index is 0.0463. The van der Waals surface area contributed by atoms with E-state index >= 15 is 0 Å². The van der Waals surface area contributed by atoms with Gasteiger partial charge in [0.2, 0.25) is 11.8 Å². The van der Waals surface area contributed by atoms with Crippen molar-refractivity contribution >= 4 is 53.2 Å². The maximum atomic E-state index is 14.2. The van der Waals surface area contributed by atoms with Crippen LogP contribution in [0, 0.1) is 21.3 Å². The average molecular weight is 788 g/mol. The van der Waals surface area contributed by atoms with E-state index in [2.05, 4.69) is 27.6 Å². The molecular formula is C39H42BIN2O7. The summed E-state index contributed by atoms with van der Waals surface area (Å²) in [5.74, 6) is -0.261. The first kappa shape index (κ1) is 34.8. The molecule has 50 heavy (non-hydrogen) atoms. The van der Waals surface area contributed by atoms with E-state index < -0.39 is 25.1 Å². The topological polar surface area (TPSA) is 118 Å². The fourth-order valence-corrected chi connectivity index (χ4v) is 9.08. The van der Waals surface area contributed by atoms with Crippen LogP contribution >= 0.6 is 22.6 Å². The van der Waals surface area contributed by atoms with Gasteiger partial charge in [-0.05, 0) is 132 Å². The number of ether oxygens (including phenoxy) is 2. The fraction of sp³-hybridized carbons (Fsp3) is 0.410. The number of allylic oxidation sites excluding steroid dienone is 1. The Bertz CT molecular complexity index is 1780. The normalized spacial score (nSPS) is 24.3. The minimum Gasteiger partial charge on any atom is -0.504 e. The van der Waals surface area contributed by atoms with Crippen LogP contribution in [0.4, 0.5) is 0 Å². The number of halogens is 1. The van der Waals surface area contributed by atoms with Gasteiger partial charge in [0.15, 0.2) is 11.5 Å². The van der Waals surface area contributed by atoms with E-state index in [9.17, 15) is 19.7 Å². The van der Waals surface area contributed by atoms with Gasteiger partial charge in [-0.1, -0.05) is 43.5 Å². The highest BCUT2D eigenvalue weighted by Crippen LogP contribution is 2.52. The molecule has 2 aliphatic heterocycles. The Morgan fingerprint density at radius 3 is 2.58 bits per heavy atom. The molecule has 1 aromatic heterocycles. The van der Waals surface area contributed by atoms with Gasteiger partial charge in [0.05, 0.1) is 34.3 Å². The summed E-state index contributed by atoms with van der Waals surface area (Å²) in [7, 11) is 0.458. The Hall–Kier alpha value is -3.68. The smallest absolute Gasteiger partial charge is 0.455 e. The number of nitrogens with zero attached hydrogens (tertiary/aromatic N) is 2. The highest BCUT2D eigenvalue weighted by atomic mass is 127. The molecule has 0 radical (unpaired) electrons. The number of methoxy groups -OCH3 is 1. The number of hydrogen-bond donors (Lipinski definition) is 2. The lowest BCUT2D eigenvalue weighted by Crippen LogP contribution is -2.47. The van der Waals surface area contributed by atoms with Gasteiger partial charge < -0.3 is 24.3 Å². The van der Waals surface area contributed by atoms with Gasteiger partial charge in [-0.15, -0.1) is 0 Å². The lowest BCUT2D eigenvalue weighted by atomic mass is 9.58. The number of benzene rings is 2. The molecule has 4 aliphatic rings. The Morgan fingerprint density at radius 2 is 1.84 bits per heavy atom. The molecule has 4 atom stereocenters. The number of aromatic nitrogens is 1. The number of aromatic hydroxyl groups is 1. The van der Waals surface area contributed by atoms with Gasteiger partial charge in [-0.25, -0.2) is 0 Å². The number of likely N-dealkylation sites (tertiary alicyclic amines) is 1.